The number of hydrogen-bond donors (Lipinski definition) is 0. The Kier molecular flexibility index (Phi) is 4.18. The van der Waals surface area contributed by atoms with Crippen LogP contribution in [0.25, 0.3) is 6.08 Å². The van der Waals surface area contributed by atoms with Gasteiger partial charge in [0, 0.05) is 12.7 Å². The van der Waals surface area contributed by atoms with Crippen LogP contribution < -0.4 is 0 Å². The van der Waals surface area contributed by atoms with Gasteiger partial charge in [-0.2, -0.15) is 5.10 Å². The molecule has 1 aromatic carbocycles. The highest BCUT2D eigenvalue weighted by molar-refractivity contribution is 9.10. The Morgan fingerprint density at radius 2 is 2.10 bits per heavy atom. The minimum Gasteiger partial charge on any atom is -0.289 e. The molecule has 0 saturated heterocycles. The van der Waals surface area contributed by atoms with Crippen molar-refractivity contribution in [3.05, 3.63) is 57.1 Å². The van der Waals surface area contributed by atoms with Crippen LogP contribution in [0.3, 0.4) is 0 Å². The Morgan fingerprint density at radius 3 is 2.65 bits per heavy atom. The van der Waals surface area contributed by atoms with Gasteiger partial charge in [0.15, 0.2) is 5.78 Å². The zero-order valence-electron chi connectivity index (χ0n) is 11.4. The number of ketones is 1. The first-order valence-corrected chi connectivity index (χ1v) is 6.87. The van der Waals surface area contributed by atoms with Crippen molar-refractivity contribution in [3.8, 4) is 0 Å². The molecular weight excluding hydrogens is 323 g/mol. The molecule has 0 atom stereocenters. The number of benzene rings is 1. The molecule has 0 unspecified atom stereocenters. The van der Waals surface area contributed by atoms with Crippen molar-refractivity contribution in [2.75, 3.05) is 0 Å². The quantitative estimate of drug-likeness (QED) is 0.630. The summed E-state index contributed by atoms with van der Waals surface area (Å²) in [5.41, 5.74) is 2.91. The molecule has 104 valence electrons. The summed E-state index contributed by atoms with van der Waals surface area (Å²) in [4.78, 5) is 12.2. The van der Waals surface area contributed by atoms with Gasteiger partial charge < -0.3 is 0 Å². The normalized spacial score (nSPS) is 11.2. The van der Waals surface area contributed by atoms with Gasteiger partial charge in [0.05, 0.1) is 15.7 Å². The van der Waals surface area contributed by atoms with E-state index in [9.17, 15) is 9.18 Å². The maximum atomic E-state index is 13.1. The molecule has 0 spiro atoms. The maximum Gasteiger partial charge on any atom is 0.189 e. The summed E-state index contributed by atoms with van der Waals surface area (Å²) in [5, 5.41) is 4.22. The molecule has 20 heavy (non-hydrogen) atoms. The van der Waals surface area contributed by atoms with E-state index in [1.807, 2.05) is 13.8 Å². The van der Waals surface area contributed by atoms with Crippen molar-refractivity contribution >= 4 is 27.8 Å². The molecule has 0 fully saturated rings. The van der Waals surface area contributed by atoms with E-state index in [4.69, 9.17) is 0 Å². The molecule has 0 aliphatic heterocycles. The standard InChI is InChI=1S/C15H14BrFN2O/c1-9-15(10(2)19(3)18-9)14(20)7-5-11-4-6-13(17)12(16)8-11/h4-8H,1-3H3/b7-5+. The topological polar surface area (TPSA) is 34.9 Å². The third-order valence-electron chi connectivity index (χ3n) is 3.13. The van der Waals surface area contributed by atoms with Crippen LogP contribution in [-0.2, 0) is 7.05 Å². The van der Waals surface area contributed by atoms with Crippen molar-refractivity contribution < 1.29 is 9.18 Å². The Labute approximate surface area is 125 Å². The van der Waals surface area contributed by atoms with E-state index in [-0.39, 0.29) is 11.6 Å². The molecule has 2 rings (SSSR count). The molecule has 0 radical (unpaired) electrons. The molecule has 1 aromatic heterocycles. The number of halogens is 2. The lowest BCUT2D eigenvalue weighted by atomic mass is 10.1. The first-order valence-electron chi connectivity index (χ1n) is 6.08. The largest absolute Gasteiger partial charge is 0.289 e. The van der Waals surface area contributed by atoms with E-state index in [1.54, 1.807) is 29.9 Å². The van der Waals surface area contributed by atoms with Crippen LogP contribution in [0.5, 0.6) is 0 Å². The van der Waals surface area contributed by atoms with Crippen molar-refractivity contribution in [1.82, 2.24) is 9.78 Å². The average molecular weight is 337 g/mol. The number of hydrogen-bond acceptors (Lipinski definition) is 2. The summed E-state index contributed by atoms with van der Waals surface area (Å²) in [6, 6.07) is 4.60. The minimum absolute atomic E-state index is 0.103. The summed E-state index contributed by atoms with van der Waals surface area (Å²) in [5.74, 6) is -0.430. The minimum atomic E-state index is -0.326. The number of aryl methyl sites for hydroxylation is 2. The van der Waals surface area contributed by atoms with Gasteiger partial charge in [-0.15, -0.1) is 0 Å². The van der Waals surface area contributed by atoms with Gasteiger partial charge in [0.2, 0.25) is 0 Å². The molecule has 0 bridgehead atoms. The van der Waals surface area contributed by atoms with Crippen LogP contribution in [0, 0.1) is 19.7 Å². The van der Waals surface area contributed by atoms with Crippen LogP contribution in [0.4, 0.5) is 4.39 Å². The fourth-order valence-electron chi connectivity index (χ4n) is 2.00. The number of aromatic nitrogens is 2. The lowest BCUT2D eigenvalue weighted by molar-refractivity contribution is 0.104. The Hall–Kier alpha value is -1.75. The SMILES string of the molecule is Cc1nn(C)c(C)c1C(=O)/C=C/c1ccc(F)c(Br)c1. The summed E-state index contributed by atoms with van der Waals surface area (Å²) in [6.45, 7) is 3.66. The zero-order valence-corrected chi connectivity index (χ0v) is 13.0. The second-order valence-electron chi connectivity index (χ2n) is 4.54. The van der Waals surface area contributed by atoms with Gasteiger partial charge in [0.1, 0.15) is 5.82 Å². The summed E-state index contributed by atoms with van der Waals surface area (Å²) in [6.07, 6.45) is 3.15. The van der Waals surface area contributed by atoms with Crippen molar-refractivity contribution in [2.24, 2.45) is 7.05 Å². The second kappa shape index (κ2) is 5.71. The molecule has 0 aliphatic carbocycles. The highest BCUT2D eigenvalue weighted by Gasteiger charge is 2.14. The molecule has 3 nitrogen and oxygen atoms in total. The fourth-order valence-corrected chi connectivity index (χ4v) is 2.40. The van der Waals surface area contributed by atoms with E-state index in [2.05, 4.69) is 21.0 Å². The third-order valence-corrected chi connectivity index (χ3v) is 3.73. The van der Waals surface area contributed by atoms with Gasteiger partial charge in [0.25, 0.3) is 0 Å². The van der Waals surface area contributed by atoms with Crippen molar-refractivity contribution in [3.63, 3.8) is 0 Å². The molecule has 0 N–H and O–H groups in total. The zero-order chi connectivity index (χ0) is 14.9. The highest BCUT2D eigenvalue weighted by atomic mass is 79.9. The van der Waals surface area contributed by atoms with Crippen LogP contribution in [-0.4, -0.2) is 15.6 Å². The van der Waals surface area contributed by atoms with Gasteiger partial charge in [-0.05, 0) is 53.5 Å². The first kappa shape index (κ1) is 14.7. The molecule has 1 heterocycles. The Morgan fingerprint density at radius 1 is 1.40 bits per heavy atom. The number of rotatable bonds is 3. The molecule has 0 saturated carbocycles. The molecular formula is C15H14BrFN2O. The fraction of sp³-hybridized carbons (Fsp3) is 0.200. The smallest absolute Gasteiger partial charge is 0.189 e. The second-order valence-corrected chi connectivity index (χ2v) is 5.39. The Bertz CT molecular complexity index is 704. The van der Waals surface area contributed by atoms with Gasteiger partial charge in [-0.1, -0.05) is 12.1 Å². The number of carbonyl (C=O) groups is 1. The van der Waals surface area contributed by atoms with E-state index in [0.29, 0.717) is 15.7 Å². The summed E-state index contributed by atoms with van der Waals surface area (Å²) >= 11 is 3.12. The van der Waals surface area contributed by atoms with E-state index in [0.717, 1.165) is 11.3 Å². The lowest BCUT2D eigenvalue weighted by Crippen LogP contribution is -1.99. The average Bonchev–Trinajstić information content (AvgIpc) is 2.64. The predicted molar refractivity (Wildman–Crippen MR) is 80.1 cm³/mol. The monoisotopic (exact) mass is 336 g/mol. The van der Waals surface area contributed by atoms with Gasteiger partial charge in [-0.3, -0.25) is 9.48 Å². The van der Waals surface area contributed by atoms with Crippen molar-refractivity contribution in [2.45, 2.75) is 13.8 Å². The molecule has 2 aromatic rings. The van der Waals surface area contributed by atoms with E-state index in [1.165, 1.54) is 12.1 Å². The predicted octanol–water partition coefficient (Wildman–Crippen LogP) is 3.83. The van der Waals surface area contributed by atoms with Crippen LogP contribution in [0.15, 0.2) is 28.7 Å². The summed E-state index contributed by atoms with van der Waals surface area (Å²) < 4.78 is 15.2. The molecule has 0 aliphatic rings. The van der Waals surface area contributed by atoms with E-state index < -0.39 is 0 Å². The first-order chi connectivity index (χ1) is 9.40. The summed E-state index contributed by atoms with van der Waals surface area (Å²) in [7, 11) is 1.81. The van der Waals surface area contributed by atoms with Crippen LogP contribution in [0.2, 0.25) is 0 Å². The van der Waals surface area contributed by atoms with Crippen LogP contribution in [0.1, 0.15) is 27.3 Å². The number of carbonyl (C=O) groups excluding carboxylic acids is 1. The van der Waals surface area contributed by atoms with Crippen molar-refractivity contribution in [1.29, 1.82) is 0 Å². The van der Waals surface area contributed by atoms with Gasteiger partial charge >= 0.3 is 0 Å². The Balaban J connectivity index is 2.27. The number of allylic oxidation sites excluding steroid dienone is 1. The van der Waals surface area contributed by atoms with Crippen LogP contribution >= 0.6 is 15.9 Å². The number of nitrogens with zero attached hydrogens (tertiary/aromatic N) is 2. The highest BCUT2D eigenvalue weighted by Crippen LogP contribution is 2.18. The van der Waals surface area contributed by atoms with Gasteiger partial charge in [-0.25, -0.2) is 4.39 Å². The third kappa shape index (κ3) is 2.88. The maximum absolute atomic E-state index is 13.1. The lowest BCUT2D eigenvalue weighted by Gasteiger charge is -1.98. The molecule has 5 heteroatoms. The van der Waals surface area contributed by atoms with E-state index >= 15 is 0 Å². The molecule has 0 amide bonds.